The number of hydrogen-bond donors (Lipinski definition) is 2. The molecule has 3 N–H and O–H groups in total. The van der Waals surface area contributed by atoms with E-state index in [0.717, 1.165) is 23.3 Å². The van der Waals surface area contributed by atoms with Gasteiger partial charge in [-0.1, -0.05) is 19.1 Å². The minimum absolute atomic E-state index is 0.328. The highest BCUT2D eigenvalue weighted by Gasteiger charge is 2.10. The molecule has 2 rings (SSSR count). The second-order valence-corrected chi connectivity index (χ2v) is 4.58. The average Bonchev–Trinajstić information content (AvgIpc) is 2.83. The highest BCUT2D eigenvalue weighted by Crippen LogP contribution is 2.17. The Balaban J connectivity index is 2.15. The molecule has 0 saturated heterocycles. The molecule has 5 nitrogen and oxygen atoms in total. The number of aromatic nitrogens is 2. The number of pyridine rings is 1. The molecule has 19 heavy (non-hydrogen) atoms. The van der Waals surface area contributed by atoms with E-state index in [1.165, 1.54) is 0 Å². The summed E-state index contributed by atoms with van der Waals surface area (Å²) in [7, 11) is 0. The summed E-state index contributed by atoms with van der Waals surface area (Å²) in [5, 5.41) is 3.15. The number of aryl methyl sites for hydroxylation is 2. The Morgan fingerprint density at radius 1 is 1.47 bits per heavy atom. The summed E-state index contributed by atoms with van der Waals surface area (Å²) in [5.41, 5.74) is 7.48. The van der Waals surface area contributed by atoms with E-state index in [1.807, 2.05) is 19.9 Å². The maximum Gasteiger partial charge on any atom is 0.213 e. The second-order valence-electron chi connectivity index (χ2n) is 4.14. The van der Waals surface area contributed by atoms with Crippen molar-refractivity contribution in [2.24, 2.45) is 5.73 Å². The van der Waals surface area contributed by atoms with Gasteiger partial charge in [0, 0.05) is 12.6 Å². The Bertz CT molecular complexity index is 594. The van der Waals surface area contributed by atoms with Gasteiger partial charge < -0.3 is 15.5 Å². The molecule has 0 radical (unpaired) electrons. The zero-order chi connectivity index (χ0) is 13.8. The normalized spacial score (nSPS) is 10.4. The number of nitrogens with zero attached hydrogens (tertiary/aromatic N) is 2. The van der Waals surface area contributed by atoms with Gasteiger partial charge in [0.05, 0.1) is 18.3 Å². The SMILES string of the molecule is CCc1cnc(CNc2nccc(C)c2C(N)=S)o1. The molecule has 0 unspecified atom stereocenters. The number of anilines is 1. The first-order valence-corrected chi connectivity index (χ1v) is 6.45. The van der Waals surface area contributed by atoms with E-state index in [4.69, 9.17) is 22.4 Å². The van der Waals surface area contributed by atoms with Crippen LogP contribution in [0.25, 0.3) is 0 Å². The number of nitrogens with one attached hydrogen (secondary N) is 1. The molecule has 0 amide bonds. The number of oxazole rings is 1. The molecule has 6 heteroatoms. The summed E-state index contributed by atoms with van der Waals surface area (Å²) >= 11 is 5.05. The molecule has 0 aromatic carbocycles. The Labute approximate surface area is 117 Å². The monoisotopic (exact) mass is 276 g/mol. The van der Waals surface area contributed by atoms with E-state index >= 15 is 0 Å². The van der Waals surface area contributed by atoms with Crippen LogP contribution in [0.1, 0.15) is 29.7 Å². The van der Waals surface area contributed by atoms with Gasteiger partial charge in [-0.05, 0) is 18.6 Å². The number of thiocarbonyl (C=S) groups is 1. The molecule has 2 aromatic rings. The molecule has 0 spiro atoms. The molecule has 0 aliphatic carbocycles. The molecule has 2 aromatic heterocycles. The zero-order valence-electron chi connectivity index (χ0n) is 10.9. The third-order valence-corrected chi connectivity index (χ3v) is 2.97. The average molecular weight is 276 g/mol. The smallest absolute Gasteiger partial charge is 0.213 e. The number of hydrogen-bond acceptors (Lipinski definition) is 5. The van der Waals surface area contributed by atoms with Gasteiger partial charge in [-0.25, -0.2) is 9.97 Å². The lowest BCUT2D eigenvalue weighted by atomic mass is 10.1. The topological polar surface area (TPSA) is 77.0 Å². The Morgan fingerprint density at radius 3 is 2.89 bits per heavy atom. The van der Waals surface area contributed by atoms with Gasteiger partial charge in [0.2, 0.25) is 5.89 Å². The van der Waals surface area contributed by atoms with Crippen molar-refractivity contribution >= 4 is 23.0 Å². The van der Waals surface area contributed by atoms with Gasteiger partial charge in [0.1, 0.15) is 16.6 Å². The first-order chi connectivity index (χ1) is 9.11. The fourth-order valence-electron chi connectivity index (χ4n) is 1.76. The zero-order valence-corrected chi connectivity index (χ0v) is 11.8. The predicted molar refractivity (Wildman–Crippen MR) is 78.1 cm³/mol. The Kier molecular flexibility index (Phi) is 4.11. The molecule has 0 aliphatic heterocycles. The molecule has 0 aliphatic rings. The van der Waals surface area contributed by atoms with Crippen LogP contribution in [-0.2, 0) is 13.0 Å². The molecule has 0 saturated carbocycles. The van der Waals surface area contributed by atoms with Gasteiger partial charge in [-0.15, -0.1) is 0 Å². The first-order valence-electron chi connectivity index (χ1n) is 6.04. The van der Waals surface area contributed by atoms with Crippen LogP contribution >= 0.6 is 12.2 Å². The summed E-state index contributed by atoms with van der Waals surface area (Å²) in [5.74, 6) is 2.14. The Hall–Kier alpha value is -1.95. The number of rotatable bonds is 5. The molecule has 0 fully saturated rings. The predicted octanol–water partition coefficient (Wildman–Crippen LogP) is 2.19. The summed E-state index contributed by atoms with van der Waals surface area (Å²) < 4.78 is 5.52. The minimum Gasteiger partial charge on any atom is -0.444 e. The molecule has 100 valence electrons. The molecule has 0 atom stereocenters. The fraction of sp³-hybridized carbons (Fsp3) is 0.308. The molecular weight excluding hydrogens is 260 g/mol. The maximum atomic E-state index is 5.72. The van der Waals surface area contributed by atoms with E-state index in [1.54, 1.807) is 12.4 Å². The molecule has 0 bridgehead atoms. The van der Waals surface area contributed by atoms with Crippen molar-refractivity contribution < 1.29 is 4.42 Å². The lowest BCUT2D eigenvalue weighted by molar-refractivity contribution is 0.465. The lowest BCUT2D eigenvalue weighted by Crippen LogP contribution is -2.16. The van der Waals surface area contributed by atoms with Gasteiger partial charge in [-0.2, -0.15) is 0 Å². The van der Waals surface area contributed by atoms with Crippen molar-refractivity contribution in [2.45, 2.75) is 26.8 Å². The van der Waals surface area contributed by atoms with Crippen LogP contribution in [0.15, 0.2) is 22.9 Å². The van der Waals surface area contributed by atoms with Gasteiger partial charge in [0.25, 0.3) is 0 Å². The molecular formula is C13H16N4OS. The third kappa shape index (κ3) is 3.08. The lowest BCUT2D eigenvalue weighted by Gasteiger charge is -2.10. The standard InChI is InChI=1S/C13H16N4OS/c1-3-9-6-16-10(18-9)7-17-13-11(12(14)19)8(2)4-5-15-13/h4-6H,3,7H2,1-2H3,(H2,14,19)(H,15,17). The van der Waals surface area contributed by atoms with Crippen molar-refractivity contribution in [3.8, 4) is 0 Å². The summed E-state index contributed by atoms with van der Waals surface area (Å²) in [4.78, 5) is 8.76. The van der Waals surface area contributed by atoms with Crippen LogP contribution in [-0.4, -0.2) is 15.0 Å². The fourth-order valence-corrected chi connectivity index (χ4v) is 2.01. The van der Waals surface area contributed by atoms with Crippen molar-refractivity contribution in [1.29, 1.82) is 0 Å². The Morgan fingerprint density at radius 2 is 2.26 bits per heavy atom. The van der Waals surface area contributed by atoms with Crippen LogP contribution in [0.5, 0.6) is 0 Å². The first kappa shape index (κ1) is 13.5. The third-order valence-electron chi connectivity index (χ3n) is 2.76. The van der Waals surface area contributed by atoms with E-state index in [0.29, 0.717) is 23.2 Å². The van der Waals surface area contributed by atoms with E-state index < -0.39 is 0 Å². The van der Waals surface area contributed by atoms with Crippen LogP contribution in [0.4, 0.5) is 5.82 Å². The summed E-state index contributed by atoms with van der Waals surface area (Å²) in [6.45, 7) is 4.42. The largest absolute Gasteiger partial charge is 0.444 e. The summed E-state index contributed by atoms with van der Waals surface area (Å²) in [6.07, 6.45) is 4.27. The number of nitrogens with two attached hydrogens (primary N) is 1. The van der Waals surface area contributed by atoms with Crippen molar-refractivity contribution in [3.63, 3.8) is 0 Å². The van der Waals surface area contributed by atoms with E-state index in [-0.39, 0.29) is 0 Å². The minimum atomic E-state index is 0.328. The van der Waals surface area contributed by atoms with Gasteiger partial charge in [0.15, 0.2) is 0 Å². The quantitative estimate of drug-likeness (QED) is 0.815. The highest BCUT2D eigenvalue weighted by atomic mass is 32.1. The van der Waals surface area contributed by atoms with Crippen LogP contribution in [0.3, 0.4) is 0 Å². The summed E-state index contributed by atoms with van der Waals surface area (Å²) in [6, 6.07) is 1.88. The second kappa shape index (κ2) is 5.79. The van der Waals surface area contributed by atoms with E-state index in [9.17, 15) is 0 Å². The van der Waals surface area contributed by atoms with Gasteiger partial charge >= 0.3 is 0 Å². The highest BCUT2D eigenvalue weighted by molar-refractivity contribution is 7.80. The van der Waals surface area contributed by atoms with Gasteiger partial charge in [-0.3, -0.25) is 0 Å². The van der Waals surface area contributed by atoms with Crippen LogP contribution < -0.4 is 11.1 Å². The van der Waals surface area contributed by atoms with Crippen molar-refractivity contribution in [3.05, 3.63) is 41.2 Å². The van der Waals surface area contributed by atoms with Crippen LogP contribution in [0.2, 0.25) is 0 Å². The molecule has 2 heterocycles. The van der Waals surface area contributed by atoms with Crippen molar-refractivity contribution in [1.82, 2.24) is 9.97 Å². The maximum absolute atomic E-state index is 5.72. The van der Waals surface area contributed by atoms with Crippen LogP contribution in [0, 0.1) is 6.92 Å². The van der Waals surface area contributed by atoms with Crippen molar-refractivity contribution in [2.75, 3.05) is 5.32 Å². The van der Waals surface area contributed by atoms with E-state index in [2.05, 4.69) is 15.3 Å².